The summed E-state index contributed by atoms with van der Waals surface area (Å²) in [7, 11) is 0. The fraction of sp³-hybridized carbons (Fsp3) is 0.0541. The summed E-state index contributed by atoms with van der Waals surface area (Å²) in [6.07, 6.45) is 2.48. The number of fused-ring (bicyclic) bond motifs is 3. The zero-order chi connectivity index (χ0) is 30.5. The van der Waals surface area contributed by atoms with E-state index in [1.54, 1.807) is 42.5 Å². The summed E-state index contributed by atoms with van der Waals surface area (Å²) in [6, 6.07) is 37.8. The molecule has 0 fully saturated rings. The second kappa shape index (κ2) is 13.3. The van der Waals surface area contributed by atoms with Crippen LogP contribution in [0.3, 0.4) is 0 Å². The third-order valence-corrected chi connectivity index (χ3v) is 8.79. The molecule has 0 aliphatic heterocycles. The lowest BCUT2D eigenvalue weighted by Crippen LogP contribution is -2.30. The maximum Gasteiger partial charge on any atom is 0.272 e. The number of amides is 2. The van der Waals surface area contributed by atoms with Gasteiger partial charge in [-0.25, -0.2) is 0 Å². The molecule has 0 saturated carbocycles. The van der Waals surface area contributed by atoms with Crippen LogP contribution in [0.4, 0.5) is 5.69 Å². The Hall–Kier alpha value is -4.72. The lowest BCUT2D eigenvalue weighted by molar-refractivity contribution is -0.113. The summed E-state index contributed by atoms with van der Waals surface area (Å²) in [6.45, 7) is 0. The maximum atomic E-state index is 13.3. The van der Waals surface area contributed by atoms with Gasteiger partial charge < -0.3 is 10.6 Å². The fourth-order valence-electron chi connectivity index (χ4n) is 5.09. The van der Waals surface area contributed by atoms with Crippen molar-refractivity contribution in [3.05, 3.63) is 159 Å². The largest absolute Gasteiger partial charge is 0.321 e. The molecule has 0 heterocycles. The Morgan fingerprint density at radius 1 is 0.727 bits per heavy atom. The molecule has 0 bridgehead atoms. The Morgan fingerprint density at radius 2 is 1.48 bits per heavy atom. The van der Waals surface area contributed by atoms with Crippen LogP contribution in [0.15, 0.2) is 136 Å². The predicted octanol–water partition coefficient (Wildman–Crippen LogP) is 8.40. The van der Waals surface area contributed by atoms with Gasteiger partial charge in [0.25, 0.3) is 11.8 Å². The van der Waals surface area contributed by atoms with E-state index < -0.39 is 5.91 Å². The molecule has 7 heteroatoms. The van der Waals surface area contributed by atoms with E-state index in [0.29, 0.717) is 17.0 Å². The molecule has 0 saturated heterocycles. The molecule has 6 rings (SSSR count). The number of carbonyl (C=O) groups excluding carboxylic acids is 3. The first kappa shape index (κ1) is 29.4. The van der Waals surface area contributed by atoms with Crippen molar-refractivity contribution in [2.24, 2.45) is 0 Å². The van der Waals surface area contributed by atoms with Gasteiger partial charge in [-0.05, 0) is 94.9 Å². The normalized spacial score (nSPS) is 11.8. The second-order valence-electron chi connectivity index (χ2n) is 10.3. The van der Waals surface area contributed by atoms with Gasteiger partial charge >= 0.3 is 0 Å². The Balaban J connectivity index is 1.10. The van der Waals surface area contributed by atoms with Gasteiger partial charge in [0.2, 0.25) is 0 Å². The van der Waals surface area contributed by atoms with Gasteiger partial charge in [-0.3, -0.25) is 14.4 Å². The van der Waals surface area contributed by atoms with Crippen molar-refractivity contribution in [2.75, 3.05) is 11.1 Å². The highest BCUT2D eigenvalue weighted by Crippen LogP contribution is 2.37. The molecular weight excluding hydrogens is 632 g/mol. The van der Waals surface area contributed by atoms with E-state index in [-0.39, 0.29) is 17.4 Å². The van der Waals surface area contributed by atoms with Gasteiger partial charge in [-0.15, -0.1) is 11.8 Å². The number of benzene rings is 5. The number of Topliss-reactive ketones (excluding diaryl/α,β-unsaturated/α-hetero) is 1. The topological polar surface area (TPSA) is 75.3 Å². The maximum absolute atomic E-state index is 13.3. The first-order valence-corrected chi connectivity index (χ1v) is 15.8. The van der Waals surface area contributed by atoms with Crippen molar-refractivity contribution in [3.8, 4) is 11.1 Å². The summed E-state index contributed by atoms with van der Waals surface area (Å²) < 4.78 is 0.855. The van der Waals surface area contributed by atoms with E-state index in [0.717, 1.165) is 26.9 Å². The van der Waals surface area contributed by atoms with Crippen LogP contribution in [-0.4, -0.2) is 23.4 Å². The quantitative estimate of drug-likeness (QED) is 0.0929. The highest BCUT2D eigenvalue weighted by Gasteiger charge is 2.20. The van der Waals surface area contributed by atoms with Gasteiger partial charge in [0.1, 0.15) is 5.70 Å². The van der Waals surface area contributed by atoms with Gasteiger partial charge in [0.15, 0.2) is 5.78 Å². The minimum Gasteiger partial charge on any atom is -0.321 e. The lowest BCUT2D eigenvalue weighted by atomic mass is 10.0. The number of ketones is 1. The van der Waals surface area contributed by atoms with Crippen LogP contribution in [0.1, 0.15) is 37.4 Å². The molecule has 5 nitrogen and oxygen atoms in total. The molecule has 2 amide bonds. The Bertz CT molecular complexity index is 1900. The Kier molecular flexibility index (Phi) is 8.86. The van der Waals surface area contributed by atoms with Crippen LogP contribution in [0.25, 0.3) is 17.2 Å². The zero-order valence-corrected chi connectivity index (χ0v) is 26.0. The van der Waals surface area contributed by atoms with E-state index in [1.807, 2.05) is 66.7 Å². The number of rotatable bonds is 9. The molecule has 0 unspecified atom stereocenters. The number of halogens is 1. The van der Waals surface area contributed by atoms with Crippen molar-refractivity contribution < 1.29 is 14.4 Å². The molecule has 5 aromatic carbocycles. The van der Waals surface area contributed by atoms with Crippen LogP contribution in [0, 0.1) is 0 Å². The third-order valence-electron chi connectivity index (χ3n) is 7.29. The average molecular weight is 660 g/mol. The first-order chi connectivity index (χ1) is 21.4. The third kappa shape index (κ3) is 6.91. The minimum atomic E-state index is -0.455. The monoisotopic (exact) mass is 658 g/mol. The molecule has 216 valence electrons. The Labute approximate surface area is 268 Å². The number of carbonyl (C=O) groups is 3. The molecule has 2 N–H and O–H groups in total. The predicted molar refractivity (Wildman–Crippen MR) is 181 cm³/mol. The average Bonchev–Trinajstić information content (AvgIpc) is 3.42. The molecular formula is C37H27BrN2O3S. The SMILES string of the molecule is O=C(Nc1ccc(SCC(=O)c2ccc3c(c2)Cc2ccccc2-3)cc1)/C(=C/c1cccc(Br)c1)NC(=O)c1ccccc1. The molecule has 1 aliphatic carbocycles. The number of thioether (sulfide) groups is 1. The minimum absolute atomic E-state index is 0.0719. The standard InChI is InChI=1S/C37H27BrN2O3S/c38-29-11-6-7-24(19-29)20-34(40-36(42)25-8-2-1-3-9-25)37(43)39-30-14-16-31(17-15-30)44-23-35(41)27-13-18-33-28(22-27)21-26-10-4-5-12-32(26)33/h1-20,22H,21,23H2,(H,39,43)(H,40,42)/b34-20-. The molecule has 1 aliphatic rings. The summed E-state index contributed by atoms with van der Waals surface area (Å²) in [5.74, 6) is -0.458. The number of hydrogen-bond acceptors (Lipinski definition) is 4. The van der Waals surface area contributed by atoms with Gasteiger partial charge in [0.05, 0.1) is 5.75 Å². The highest BCUT2D eigenvalue weighted by atomic mass is 79.9. The van der Waals surface area contributed by atoms with Gasteiger partial charge in [-0.1, -0.05) is 82.7 Å². The number of anilines is 1. The van der Waals surface area contributed by atoms with Crippen LogP contribution >= 0.6 is 27.7 Å². The van der Waals surface area contributed by atoms with Crippen molar-refractivity contribution in [3.63, 3.8) is 0 Å². The van der Waals surface area contributed by atoms with E-state index in [9.17, 15) is 14.4 Å². The van der Waals surface area contributed by atoms with Crippen molar-refractivity contribution in [2.45, 2.75) is 11.3 Å². The molecule has 44 heavy (non-hydrogen) atoms. The van der Waals surface area contributed by atoms with Crippen LogP contribution in [0.5, 0.6) is 0 Å². The fourth-order valence-corrected chi connectivity index (χ4v) is 6.30. The number of hydrogen-bond donors (Lipinski definition) is 2. The van der Waals surface area contributed by atoms with Crippen LogP contribution in [-0.2, 0) is 11.2 Å². The van der Waals surface area contributed by atoms with Crippen molar-refractivity contribution in [1.29, 1.82) is 0 Å². The molecule has 5 aromatic rings. The van der Waals surface area contributed by atoms with Crippen molar-refractivity contribution in [1.82, 2.24) is 5.32 Å². The van der Waals surface area contributed by atoms with Crippen LogP contribution < -0.4 is 10.6 Å². The summed E-state index contributed by atoms with van der Waals surface area (Å²) in [4.78, 5) is 40.1. The summed E-state index contributed by atoms with van der Waals surface area (Å²) >= 11 is 4.90. The molecule has 0 spiro atoms. The molecule has 0 radical (unpaired) electrons. The molecule has 0 atom stereocenters. The first-order valence-electron chi connectivity index (χ1n) is 14.1. The lowest BCUT2D eigenvalue weighted by Gasteiger charge is -2.12. The van der Waals surface area contributed by atoms with Gasteiger partial charge in [0, 0.05) is 26.2 Å². The summed E-state index contributed by atoms with van der Waals surface area (Å²) in [5, 5.41) is 5.63. The van der Waals surface area contributed by atoms with E-state index in [2.05, 4.69) is 44.8 Å². The van der Waals surface area contributed by atoms with E-state index in [1.165, 1.54) is 34.0 Å². The second-order valence-corrected chi connectivity index (χ2v) is 12.3. The molecule has 0 aromatic heterocycles. The zero-order valence-electron chi connectivity index (χ0n) is 23.5. The smallest absolute Gasteiger partial charge is 0.272 e. The van der Waals surface area contributed by atoms with E-state index >= 15 is 0 Å². The summed E-state index contributed by atoms with van der Waals surface area (Å²) in [5.41, 5.74) is 7.53. The van der Waals surface area contributed by atoms with Crippen molar-refractivity contribution >= 4 is 57.1 Å². The number of nitrogens with one attached hydrogen (secondary N) is 2. The Morgan fingerprint density at radius 3 is 2.27 bits per heavy atom. The van der Waals surface area contributed by atoms with E-state index in [4.69, 9.17) is 0 Å². The highest BCUT2D eigenvalue weighted by molar-refractivity contribution is 9.10. The van der Waals surface area contributed by atoms with Crippen LogP contribution in [0.2, 0.25) is 0 Å². The van der Waals surface area contributed by atoms with Gasteiger partial charge in [-0.2, -0.15) is 0 Å².